The van der Waals surface area contributed by atoms with Crippen LogP contribution in [-0.4, -0.2) is 19.6 Å². The monoisotopic (exact) mass is 152 g/mol. The quantitative estimate of drug-likeness (QED) is 0.563. The van der Waals surface area contributed by atoms with Crippen LogP contribution >= 0.6 is 0 Å². The fourth-order valence-electron chi connectivity index (χ4n) is 0.237. The van der Waals surface area contributed by atoms with Crippen molar-refractivity contribution in [2.45, 2.75) is 6.36 Å². The summed E-state index contributed by atoms with van der Waals surface area (Å²) in [4.78, 5) is 10.1. The summed E-state index contributed by atoms with van der Waals surface area (Å²) in [6, 6.07) is 0. The lowest BCUT2D eigenvalue weighted by atomic mass is 10.6. The van der Waals surface area contributed by atoms with E-state index in [2.05, 4.69) is 9.47 Å². The molecule has 1 unspecified atom stereocenters. The first kappa shape index (κ1) is 8.87. The number of methoxy groups -OCH3 is 1. The molecule has 0 rings (SSSR count). The number of hydrogen-bond donors (Lipinski definition) is 0. The Morgan fingerprint density at radius 3 is 2.70 bits per heavy atom. The van der Waals surface area contributed by atoms with Crippen molar-refractivity contribution in [2.24, 2.45) is 0 Å². The molecule has 0 heterocycles. The third kappa shape index (κ3) is 3.82. The minimum absolute atomic E-state index is 0.0619. The molecule has 0 saturated carbocycles. The van der Waals surface area contributed by atoms with Gasteiger partial charge in [0.05, 0.1) is 13.4 Å². The lowest BCUT2D eigenvalue weighted by Gasteiger charge is -2.01. The average molecular weight is 152 g/mol. The van der Waals surface area contributed by atoms with Crippen molar-refractivity contribution in [1.82, 2.24) is 0 Å². The van der Waals surface area contributed by atoms with Gasteiger partial charge in [0.15, 0.2) is 0 Å². The molecule has 0 fully saturated rings. The zero-order valence-electron chi connectivity index (χ0n) is 5.21. The second kappa shape index (κ2) is 4.72. The Bertz CT molecular complexity index is 135. The van der Waals surface area contributed by atoms with Gasteiger partial charge in [0, 0.05) is 6.08 Å². The molecular weight excluding hydrogens is 146 g/mol. The van der Waals surface area contributed by atoms with Crippen LogP contribution in [0, 0.1) is 0 Å². The Morgan fingerprint density at radius 1 is 1.70 bits per heavy atom. The zero-order valence-corrected chi connectivity index (χ0v) is 5.21. The standard InChI is InChI=1S/C5H6F2O3/c1-9-5(8)10-4(7)2-3-6/h2-4H,1H3/b3-2+. The van der Waals surface area contributed by atoms with Gasteiger partial charge in [-0.2, -0.15) is 4.39 Å². The minimum atomic E-state index is -2.09. The number of carbonyl (C=O) groups is 1. The van der Waals surface area contributed by atoms with Gasteiger partial charge >= 0.3 is 6.16 Å². The summed E-state index contributed by atoms with van der Waals surface area (Å²) in [6.07, 6.45) is -2.91. The van der Waals surface area contributed by atoms with E-state index in [4.69, 9.17) is 0 Å². The van der Waals surface area contributed by atoms with E-state index in [0.717, 1.165) is 7.11 Å². The van der Waals surface area contributed by atoms with Gasteiger partial charge in [0.1, 0.15) is 0 Å². The molecule has 0 spiro atoms. The highest BCUT2D eigenvalue weighted by molar-refractivity contribution is 5.59. The van der Waals surface area contributed by atoms with Crippen molar-refractivity contribution >= 4 is 6.16 Å². The van der Waals surface area contributed by atoms with Gasteiger partial charge in [0.25, 0.3) is 6.36 Å². The van der Waals surface area contributed by atoms with E-state index < -0.39 is 12.5 Å². The SMILES string of the molecule is COC(=O)OC(F)/C=C/F. The summed E-state index contributed by atoms with van der Waals surface area (Å²) >= 11 is 0. The molecule has 5 heteroatoms. The molecule has 0 bridgehead atoms. The lowest BCUT2D eigenvalue weighted by Crippen LogP contribution is -2.10. The van der Waals surface area contributed by atoms with Crippen molar-refractivity contribution in [1.29, 1.82) is 0 Å². The molecule has 1 atom stereocenters. The summed E-state index contributed by atoms with van der Waals surface area (Å²) in [6.45, 7) is 0. The number of rotatable bonds is 2. The molecule has 0 aromatic rings. The number of alkyl halides is 1. The molecular formula is C5H6F2O3. The van der Waals surface area contributed by atoms with Crippen LogP contribution in [0.1, 0.15) is 0 Å². The van der Waals surface area contributed by atoms with E-state index in [0.29, 0.717) is 6.08 Å². The maximum atomic E-state index is 12.0. The summed E-state index contributed by atoms with van der Waals surface area (Å²) in [5.74, 6) is 0. The number of carbonyl (C=O) groups excluding carboxylic acids is 1. The molecule has 0 N–H and O–H groups in total. The second-order valence-electron chi connectivity index (χ2n) is 1.24. The molecule has 58 valence electrons. The normalized spacial score (nSPS) is 13.1. The Hall–Kier alpha value is -1.13. The van der Waals surface area contributed by atoms with Crippen molar-refractivity contribution in [2.75, 3.05) is 7.11 Å². The fraction of sp³-hybridized carbons (Fsp3) is 0.400. The fourth-order valence-corrected chi connectivity index (χ4v) is 0.237. The van der Waals surface area contributed by atoms with Crippen LogP contribution in [0.25, 0.3) is 0 Å². The van der Waals surface area contributed by atoms with Crippen molar-refractivity contribution < 1.29 is 23.0 Å². The first-order chi connectivity index (χ1) is 4.70. The molecule has 0 saturated heterocycles. The molecule has 0 aromatic heterocycles. The maximum absolute atomic E-state index is 12.0. The molecule has 0 aliphatic rings. The Balaban J connectivity index is 3.57. The topological polar surface area (TPSA) is 35.5 Å². The van der Waals surface area contributed by atoms with Crippen LogP contribution in [0.5, 0.6) is 0 Å². The average Bonchev–Trinajstić information content (AvgIpc) is 1.88. The maximum Gasteiger partial charge on any atom is 0.510 e. The Kier molecular flexibility index (Phi) is 4.19. The Labute approximate surface area is 56.2 Å². The molecule has 0 radical (unpaired) electrons. The first-order valence-electron chi connectivity index (χ1n) is 2.36. The highest BCUT2D eigenvalue weighted by Crippen LogP contribution is 1.97. The predicted octanol–water partition coefficient (Wildman–Crippen LogP) is 1.55. The summed E-state index contributed by atoms with van der Waals surface area (Å²) < 4.78 is 30.8. The van der Waals surface area contributed by atoms with E-state index in [1.165, 1.54) is 0 Å². The van der Waals surface area contributed by atoms with Crippen LogP contribution in [0.4, 0.5) is 13.6 Å². The number of ether oxygens (including phenoxy) is 2. The second-order valence-corrected chi connectivity index (χ2v) is 1.24. The lowest BCUT2D eigenvalue weighted by molar-refractivity contribution is 0.00243. The third-order valence-electron chi connectivity index (χ3n) is 0.600. The van der Waals surface area contributed by atoms with E-state index in [1.807, 2.05) is 0 Å². The van der Waals surface area contributed by atoms with Gasteiger partial charge in [-0.25, -0.2) is 9.18 Å². The largest absolute Gasteiger partial charge is 0.510 e. The molecule has 0 amide bonds. The minimum Gasteiger partial charge on any atom is -0.438 e. The molecule has 0 aliphatic carbocycles. The first-order valence-corrected chi connectivity index (χ1v) is 2.36. The highest BCUT2D eigenvalue weighted by Gasteiger charge is 2.07. The van der Waals surface area contributed by atoms with Gasteiger partial charge in [-0.3, -0.25) is 0 Å². The van der Waals surface area contributed by atoms with Crippen molar-refractivity contribution in [3.05, 3.63) is 12.4 Å². The van der Waals surface area contributed by atoms with E-state index in [-0.39, 0.29) is 6.33 Å². The summed E-state index contributed by atoms with van der Waals surface area (Å²) in [5, 5.41) is 0. The molecule has 3 nitrogen and oxygen atoms in total. The predicted molar refractivity (Wildman–Crippen MR) is 28.6 cm³/mol. The van der Waals surface area contributed by atoms with E-state index in [1.54, 1.807) is 0 Å². The van der Waals surface area contributed by atoms with Crippen LogP contribution in [0.15, 0.2) is 12.4 Å². The van der Waals surface area contributed by atoms with Crippen LogP contribution in [0.2, 0.25) is 0 Å². The van der Waals surface area contributed by atoms with Gasteiger partial charge in [-0.1, -0.05) is 0 Å². The molecule has 0 aromatic carbocycles. The summed E-state index contributed by atoms with van der Waals surface area (Å²) in [5.41, 5.74) is 0. The zero-order chi connectivity index (χ0) is 7.98. The summed E-state index contributed by atoms with van der Waals surface area (Å²) in [7, 11) is 1.02. The van der Waals surface area contributed by atoms with Crippen LogP contribution < -0.4 is 0 Å². The number of halogens is 2. The van der Waals surface area contributed by atoms with E-state index in [9.17, 15) is 13.6 Å². The van der Waals surface area contributed by atoms with Gasteiger partial charge in [-0.05, 0) is 0 Å². The Morgan fingerprint density at radius 2 is 2.30 bits per heavy atom. The van der Waals surface area contributed by atoms with Crippen molar-refractivity contribution in [3.8, 4) is 0 Å². The van der Waals surface area contributed by atoms with Gasteiger partial charge in [-0.15, -0.1) is 0 Å². The van der Waals surface area contributed by atoms with Crippen LogP contribution in [-0.2, 0) is 9.47 Å². The smallest absolute Gasteiger partial charge is 0.438 e. The van der Waals surface area contributed by atoms with Gasteiger partial charge < -0.3 is 9.47 Å². The van der Waals surface area contributed by atoms with Crippen molar-refractivity contribution in [3.63, 3.8) is 0 Å². The third-order valence-corrected chi connectivity index (χ3v) is 0.600. The molecule has 0 aliphatic heterocycles. The van der Waals surface area contributed by atoms with Crippen LogP contribution in [0.3, 0.4) is 0 Å². The number of hydrogen-bond acceptors (Lipinski definition) is 3. The molecule has 10 heavy (non-hydrogen) atoms. The van der Waals surface area contributed by atoms with E-state index >= 15 is 0 Å². The highest BCUT2D eigenvalue weighted by atomic mass is 19.1. The van der Waals surface area contributed by atoms with Gasteiger partial charge in [0.2, 0.25) is 0 Å².